The number of likely N-dealkylation sites (tertiary alicyclic amines) is 1. The summed E-state index contributed by atoms with van der Waals surface area (Å²) in [6.07, 6.45) is 3.03. The van der Waals surface area contributed by atoms with E-state index in [1.165, 1.54) is 32.1 Å². The molecule has 2 unspecified atom stereocenters. The normalized spacial score (nSPS) is 26.7. The smallest absolute Gasteiger partial charge is 0.475 e. The third kappa shape index (κ3) is 5.64. The molecule has 0 spiro atoms. The molecule has 36 heavy (non-hydrogen) atoms. The Kier molecular flexibility index (Phi) is 7.31. The second-order valence-electron chi connectivity index (χ2n) is 10.5. The summed E-state index contributed by atoms with van der Waals surface area (Å²) >= 11 is 0. The number of sulfonamides is 1. The highest BCUT2D eigenvalue weighted by Gasteiger charge is 2.52. The lowest BCUT2D eigenvalue weighted by Gasteiger charge is -2.36. The first-order valence-corrected chi connectivity index (χ1v) is 13.8. The number of para-hydroxylation sites is 1. The number of hydrogen-bond acceptors (Lipinski definition) is 5. The highest BCUT2D eigenvalue weighted by atomic mass is 32.2. The standard InChI is InChI=1S/C22H31N3O3S.C2HF3O2/c1-22(11-12-22)21(26)24-14-17-19(15-24)25(13-16-7-3-2-4-8-16)18-9-5-6-10-20(18)29(27,28)23-17;3-2(4,5)1(6)7/h5-6,9-10,16-17,19,23H,2-4,7-8,11-15H2,1H3;(H,6,7). The van der Waals surface area contributed by atoms with Gasteiger partial charge in [-0.15, -0.1) is 0 Å². The van der Waals surface area contributed by atoms with Crippen LogP contribution >= 0.6 is 0 Å². The van der Waals surface area contributed by atoms with Crippen molar-refractivity contribution in [3.63, 3.8) is 0 Å². The lowest BCUT2D eigenvalue weighted by atomic mass is 9.88. The molecule has 2 aliphatic carbocycles. The molecule has 8 nitrogen and oxygen atoms in total. The number of aliphatic carboxylic acids is 1. The molecule has 2 aliphatic heterocycles. The van der Waals surface area contributed by atoms with Gasteiger partial charge >= 0.3 is 12.1 Å². The van der Waals surface area contributed by atoms with Crippen molar-refractivity contribution in [2.75, 3.05) is 24.5 Å². The minimum atomic E-state index is -5.08. The van der Waals surface area contributed by atoms with Gasteiger partial charge in [0.2, 0.25) is 15.9 Å². The lowest BCUT2D eigenvalue weighted by molar-refractivity contribution is -0.192. The van der Waals surface area contributed by atoms with Crippen LogP contribution in [0.25, 0.3) is 0 Å². The number of hydrogen-bond donors (Lipinski definition) is 2. The second kappa shape index (κ2) is 9.85. The number of amides is 1. The van der Waals surface area contributed by atoms with E-state index in [1.54, 1.807) is 12.1 Å². The fourth-order valence-electron chi connectivity index (χ4n) is 5.41. The Balaban J connectivity index is 0.000000384. The number of carbonyl (C=O) groups excluding carboxylic acids is 1. The van der Waals surface area contributed by atoms with Gasteiger partial charge in [-0.1, -0.05) is 38.3 Å². The van der Waals surface area contributed by atoms with Crippen molar-refractivity contribution in [3.05, 3.63) is 24.3 Å². The second-order valence-corrected chi connectivity index (χ2v) is 12.2. The molecule has 0 bridgehead atoms. The summed E-state index contributed by atoms with van der Waals surface area (Å²) in [4.78, 5) is 26.5. The van der Waals surface area contributed by atoms with E-state index in [4.69, 9.17) is 9.90 Å². The summed E-state index contributed by atoms with van der Waals surface area (Å²) in [5.74, 6) is -1.98. The van der Waals surface area contributed by atoms with Crippen LogP contribution in [0.5, 0.6) is 0 Å². The number of anilines is 1. The number of carboxylic acid groups (broad SMARTS) is 1. The molecule has 3 fully saturated rings. The maximum absolute atomic E-state index is 13.1. The molecule has 2 N–H and O–H groups in total. The van der Waals surface area contributed by atoms with E-state index in [1.807, 2.05) is 24.0 Å². The van der Waals surface area contributed by atoms with Crippen LogP contribution in [0, 0.1) is 11.3 Å². The van der Waals surface area contributed by atoms with Gasteiger partial charge in [-0.2, -0.15) is 13.2 Å². The van der Waals surface area contributed by atoms with Crippen LogP contribution in [0.3, 0.4) is 0 Å². The topological polar surface area (TPSA) is 107 Å². The van der Waals surface area contributed by atoms with Crippen LogP contribution in [0.1, 0.15) is 51.9 Å². The molecule has 1 aromatic carbocycles. The van der Waals surface area contributed by atoms with Crippen molar-refractivity contribution >= 4 is 27.6 Å². The maximum atomic E-state index is 13.1. The third-order valence-electron chi connectivity index (χ3n) is 7.69. The number of rotatable bonds is 3. The molecule has 2 heterocycles. The number of nitrogens with one attached hydrogen (secondary N) is 1. The zero-order chi connectivity index (χ0) is 26.3. The van der Waals surface area contributed by atoms with Gasteiger partial charge in [0.05, 0.1) is 17.8 Å². The molecule has 1 saturated heterocycles. The van der Waals surface area contributed by atoms with Gasteiger partial charge < -0.3 is 14.9 Å². The van der Waals surface area contributed by atoms with Gasteiger partial charge in [-0.3, -0.25) is 4.79 Å². The molecule has 2 atom stereocenters. The Morgan fingerprint density at radius 2 is 1.72 bits per heavy atom. The van der Waals surface area contributed by atoms with E-state index in [0.717, 1.165) is 25.1 Å². The molecular weight excluding hydrogens is 499 g/mol. The first-order chi connectivity index (χ1) is 16.8. The van der Waals surface area contributed by atoms with Crippen LogP contribution in [-0.2, 0) is 19.6 Å². The Bertz CT molecular complexity index is 1100. The fraction of sp³-hybridized carbons (Fsp3) is 0.667. The van der Waals surface area contributed by atoms with Crippen molar-refractivity contribution in [1.82, 2.24) is 9.62 Å². The predicted octanol–water partition coefficient (Wildman–Crippen LogP) is 3.38. The quantitative estimate of drug-likeness (QED) is 0.620. The molecule has 200 valence electrons. The van der Waals surface area contributed by atoms with Crippen LogP contribution in [0.15, 0.2) is 29.2 Å². The third-order valence-corrected chi connectivity index (χ3v) is 9.22. The largest absolute Gasteiger partial charge is 0.490 e. The van der Waals surface area contributed by atoms with Crippen molar-refractivity contribution in [1.29, 1.82) is 0 Å². The first kappa shape index (κ1) is 26.7. The molecular formula is C24H32F3N3O5S. The number of nitrogens with zero attached hydrogens (tertiary/aromatic N) is 2. The van der Waals surface area contributed by atoms with Gasteiger partial charge in [-0.05, 0) is 43.7 Å². The number of halogens is 3. The van der Waals surface area contributed by atoms with Crippen molar-refractivity contribution < 1.29 is 36.3 Å². The van der Waals surface area contributed by atoms with Crippen LogP contribution < -0.4 is 9.62 Å². The van der Waals surface area contributed by atoms with Crippen molar-refractivity contribution in [3.8, 4) is 0 Å². The van der Waals surface area contributed by atoms with Crippen LogP contribution in [-0.4, -0.2) is 68.2 Å². The zero-order valence-corrected chi connectivity index (χ0v) is 20.9. The minimum Gasteiger partial charge on any atom is -0.475 e. The monoisotopic (exact) mass is 531 g/mol. The summed E-state index contributed by atoms with van der Waals surface area (Å²) < 4.78 is 60.9. The Hall–Kier alpha value is -2.34. The van der Waals surface area contributed by atoms with E-state index in [9.17, 15) is 26.4 Å². The minimum absolute atomic E-state index is 0.0124. The number of carboxylic acids is 1. The maximum Gasteiger partial charge on any atom is 0.490 e. The molecule has 1 aromatic rings. The highest BCUT2D eigenvalue weighted by Crippen LogP contribution is 2.47. The molecule has 0 radical (unpaired) electrons. The highest BCUT2D eigenvalue weighted by molar-refractivity contribution is 7.89. The molecule has 0 aromatic heterocycles. The number of benzene rings is 1. The molecule has 5 rings (SSSR count). The van der Waals surface area contributed by atoms with Gasteiger partial charge in [0.25, 0.3) is 0 Å². The number of fused-ring (bicyclic) bond motifs is 2. The van der Waals surface area contributed by atoms with Crippen LogP contribution in [0.4, 0.5) is 18.9 Å². The summed E-state index contributed by atoms with van der Waals surface area (Å²) in [5.41, 5.74) is 0.569. The van der Waals surface area contributed by atoms with E-state index < -0.39 is 22.2 Å². The van der Waals surface area contributed by atoms with Crippen molar-refractivity contribution in [2.45, 2.75) is 75.0 Å². The van der Waals surface area contributed by atoms with E-state index in [-0.39, 0.29) is 23.4 Å². The van der Waals surface area contributed by atoms with E-state index >= 15 is 0 Å². The Morgan fingerprint density at radius 1 is 1.11 bits per heavy atom. The molecule has 1 amide bonds. The average molecular weight is 532 g/mol. The molecule has 2 saturated carbocycles. The molecule has 12 heteroatoms. The lowest BCUT2D eigenvalue weighted by Crippen LogP contribution is -2.50. The molecule has 4 aliphatic rings. The van der Waals surface area contributed by atoms with E-state index in [2.05, 4.69) is 9.62 Å². The summed E-state index contributed by atoms with van der Waals surface area (Å²) in [6.45, 7) is 3.97. The summed E-state index contributed by atoms with van der Waals surface area (Å²) in [5, 5.41) is 7.12. The number of carbonyl (C=O) groups is 2. The predicted molar refractivity (Wildman–Crippen MR) is 126 cm³/mol. The van der Waals surface area contributed by atoms with Gasteiger partial charge in [0, 0.05) is 25.0 Å². The fourth-order valence-corrected chi connectivity index (χ4v) is 6.89. The van der Waals surface area contributed by atoms with Crippen LogP contribution in [0.2, 0.25) is 0 Å². The first-order valence-electron chi connectivity index (χ1n) is 12.3. The Labute approximate surface area is 208 Å². The SMILES string of the molecule is CC1(C(=O)N2CC3NS(=O)(=O)c4ccccc4N(CC4CCCCC4)C3C2)CC1.O=C(O)C(F)(F)F. The summed E-state index contributed by atoms with van der Waals surface area (Å²) in [7, 11) is -3.61. The van der Waals surface area contributed by atoms with E-state index in [0.29, 0.717) is 23.9 Å². The number of alkyl halides is 3. The summed E-state index contributed by atoms with van der Waals surface area (Å²) in [6, 6.07) is 7.09. The average Bonchev–Trinajstić information content (AvgIpc) is 3.47. The van der Waals surface area contributed by atoms with Crippen molar-refractivity contribution in [2.24, 2.45) is 11.3 Å². The van der Waals surface area contributed by atoms with Gasteiger partial charge in [0.15, 0.2) is 0 Å². The Morgan fingerprint density at radius 3 is 2.31 bits per heavy atom. The van der Waals surface area contributed by atoms with Gasteiger partial charge in [0.1, 0.15) is 4.90 Å². The van der Waals surface area contributed by atoms with Gasteiger partial charge in [-0.25, -0.2) is 17.9 Å². The zero-order valence-electron chi connectivity index (χ0n) is 20.1.